The Labute approximate surface area is 61.9 Å². The summed E-state index contributed by atoms with van der Waals surface area (Å²) in [4.78, 5) is 10.4. The lowest BCUT2D eigenvalue weighted by atomic mass is 10.3. The van der Waals surface area contributed by atoms with E-state index in [1.54, 1.807) is 0 Å². The highest BCUT2D eigenvalue weighted by Gasteiger charge is 1.96. The minimum atomic E-state index is -0.235. The van der Waals surface area contributed by atoms with Crippen molar-refractivity contribution in [1.29, 1.82) is 0 Å². The van der Waals surface area contributed by atoms with Crippen molar-refractivity contribution in [3.63, 3.8) is 0 Å². The first-order valence-electron chi connectivity index (χ1n) is 3.58. The minimum absolute atomic E-state index is 0.235. The third kappa shape index (κ3) is 4.13. The molecule has 0 radical (unpaired) electrons. The van der Waals surface area contributed by atoms with Crippen LogP contribution in [0.1, 0.15) is 33.6 Å². The number of allylic oxidation sites excluding steroid dienone is 2. The Bertz CT molecular complexity index is 136. The van der Waals surface area contributed by atoms with Gasteiger partial charge in [-0.3, -0.25) is 4.79 Å². The van der Waals surface area contributed by atoms with Gasteiger partial charge in [0.1, 0.15) is 5.76 Å². The fraction of sp³-hybridized carbons (Fsp3) is 0.625. The Hall–Kier alpha value is -0.790. The van der Waals surface area contributed by atoms with Gasteiger partial charge >= 0.3 is 5.97 Å². The van der Waals surface area contributed by atoms with E-state index in [1.807, 2.05) is 19.9 Å². The first kappa shape index (κ1) is 9.21. The smallest absolute Gasteiger partial charge is 0.307 e. The molecule has 2 nitrogen and oxygen atoms in total. The Morgan fingerprint density at radius 2 is 2.10 bits per heavy atom. The Balaban J connectivity index is 3.83. The van der Waals surface area contributed by atoms with Crippen LogP contribution in [0.3, 0.4) is 0 Å². The van der Waals surface area contributed by atoms with Crippen LogP contribution >= 0.6 is 0 Å². The summed E-state index contributed by atoms with van der Waals surface area (Å²) in [7, 11) is 0. The van der Waals surface area contributed by atoms with E-state index < -0.39 is 0 Å². The zero-order valence-corrected chi connectivity index (χ0v) is 6.81. The van der Waals surface area contributed by atoms with Gasteiger partial charge in [-0.25, -0.2) is 0 Å². The summed E-state index contributed by atoms with van der Waals surface area (Å²) < 4.78 is 4.86. The Morgan fingerprint density at radius 1 is 1.50 bits per heavy atom. The van der Waals surface area contributed by atoms with Crippen LogP contribution in [0.25, 0.3) is 0 Å². The van der Waals surface area contributed by atoms with Gasteiger partial charge in [0.15, 0.2) is 0 Å². The molecule has 0 rings (SSSR count). The monoisotopic (exact) mass is 142 g/mol. The van der Waals surface area contributed by atoms with Crippen LogP contribution in [0.2, 0.25) is 0 Å². The molecule has 0 aliphatic rings. The quantitative estimate of drug-likeness (QED) is 0.446. The molecule has 0 aliphatic carbocycles. The number of carbonyl (C=O) groups is 1. The van der Waals surface area contributed by atoms with E-state index in [0.717, 1.165) is 18.6 Å². The predicted octanol–water partition coefficient (Wildman–Crippen LogP) is 2.25. The van der Waals surface area contributed by atoms with Gasteiger partial charge in [-0.05, 0) is 12.5 Å². The molecule has 0 aliphatic heterocycles. The number of rotatable bonds is 3. The molecule has 0 aromatic heterocycles. The molecule has 0 amide bonds. The average Bonchev–Trinajstić information content (AvgIpc) is 1.86. The van der Waals surface area contributed by atoms with Gasteiger partial charge in [-0.2, -0.15) is 0 Å². The van der Waals surface area contributed by atoms with Crippen molar-refractivity contribution in [2.45, 2.75) is 33.6 Å². The SMILES string of the molecule is CC/C=C(\CC)OC(C)=O. The van der Waals surface area contributed by atoms with Gasteiger partial charge in [0, 0.05) is 13.3 Å². The summed E-state index contributed by atoms with van der Waals surface area (Å²) in [5, 5.41) is 0. The number of carbonyl (C=O) groups excluding carboxylic acids is 1. The summed E-state index contributed by atoms with van der Waals surface area (Å²) in [6.45, 7) is 5.39. The summed E-state index contributed by atoms with van der Waals surface area (Å²) in [6.07, 6.45) is 3.62. The molecule has 0 aromatic carbocycles. The molecule has 0 fully saturated rings. The molecule has 0 aromatic rings. The molecule has 0 bridgehead atoms. The molecular weight excluding hydrogens is 128 g/mol. The maximum Gasteiger partial charge on any atom is 0.307 e. The molecule has 10 heavy (non-hydrogen) atoms. The lowest BCUT2D eigenvalue weighted by Crippen LogP contribution is -1.97. The van der Waals surface area contributed by atoms with Gasteiger partial charge in [0.2, 0.25) is 0 Å². The first-order valence-corrected chi connectivity index (χ1v) is 3.58. The largest absolute Gasteiger partial charge is 0.432 e. The first-order chi connectivity index (χ1) is 4.70. The average molecular weight is 142 g/mol. The predicted molar refractivity (Wildman–Crippen MR) is 40.4 cm³/mol. The van der Waals surface area contributed by atoms with Crippen molar-refractivity contribution >= 4 is 5.97 Å². The van der Waals surface area contributed by atoms with Crippen molar-refractivity contribution in [3.05, 3.63) is 11.8 Å². The fourth-order valence-corrected chi connectivity index (χ4v) is 0.670. The lowest BCUT2D eigenvalue weighted by Gasteiger charge is -2.01. The second kappa shape index (κ2) is 5.03. The van der Waals surface area contributed by atoms with Gasteiger partial charge in [0.25, 0.3) is 0 Å². The van der Waals surface area contributed by atoms with E-state index in [2.05, 4.69) is 0 Å². The highest BCUT2D eigenvalue weighted by molar-refractivity contribution is 5.67. The maximum atomic E-state index is 10.4. The van der Waals surface area contributed by atoms with Crippen LogP contribution < -0.4 is 0 Å². The molecule has 0 unspecified atom stereocenters. The number of ether oxygens (including phenoxy) is 1. The second-order valence-corrected chi connectivity index (χ2v) is 2.03. The Kier molecular flexibility index (Phi) is 4.63. The molecule has 2 heteroatoms. The Morgan fingerprint density at radius 3 is 2.40 bits per heavy atom. The van der Waals surface area contributed by atoms with Crippen LogP contribution in [-0.4, -0.2) is 5.97 Å². The van der Waals surface area contributed by atoms with Gasteiger partial charge in [-0.15, -0.1) is 0 Å². The second-order valence-electron chi connectivity index (χ2n) is 2.03. The third-order valence-electron chi connectivity index (χ3n) is 1.06. The van der Waals surface area contributed by atoms with Crippen molar-refractivity contribution in [1.82, 2.24) is 0 Å². The maximum absolute atomic E-state index is 10.4. The molecule has 0 saturated carbocycles. The highest BCUT2D eigenvalue weighted by atomic mass is 16.5. The van der Waals surface area contributed by atoms with Crippen molar-refractivity contribution in [3.8, 4) is 0 Å². The molecule has 0 spiro atoms. The van der Waals surface area contributed by atoms with Gasteiger partial charge in [-0.1, -0.05) is 13.8 Å². The zero-order chi connectivity index (χ0) is 7.98. The molecule has 58 valence electrons. The lowest BCUT2D eigenvalue weighted by molar-refractivity contribution is -0.137. The molecular formula is C8H14O2. The summed E-state index contributed by atoms with van der Waals surface area (Å²) in [5.74, 6) is 0.538. The van der Waals surface area contributed by atoms with E-state index in [-0.39, 0.29) is 5.97 Å². The summed E-state index contributed by atoms with van der Waals surface area (Å²) >= 11 is 0. The number of hydrogen-bond donors (Lipinski definition) is 0. The van der Waals surface area contributed by atoms with E-state index in [1.165, 1.54) is 6.92 Å². The van der Waals surface area contributed by atoms with Crippen LogP contribution in [0, 0.1) is 0 Å². The van der Waals surface area contributed by atoms with Crippen molar-refractivity contribution in [2.24, 2.45) is 0 Å². The van der Waals surface area contributed by atoms with E-state index in [0.29, 0.717) is 0 Å². The minimum Gasteiger partial charge on any atom is -0.432 e. The highest BCUT2D eigenvalue weighted by Crippen LogP contribution is 2.03. The van der Waals surface area contributed by atoms with Crippen LogP contribution in [0.15, 0.2) is 11.8 Å². The summed E-state index contributed by atoms with van der Waals surface area (Å²) in [6, 6.07) is 0. The molecule has 0 saturated heterocycles. The van der Waals surface area contributed by atoms with E-state index in [4.69, 9.17) is 4.74 Å². The van der Waals surface area contributed by atoms with Crippen molar-refractivity contribution in [2.75, 3.05) is 0 Å². The van der Waals surface area contributed by atoms with Gasteiger partial charge < -0.3 is 4.74 Å². The van der Waals surface area contributed by atoms with Gasteiger partial charge in [0.05, 0.1) is 0 Å². The van der Waals surface area contributed by atoms with Crippen LogP contribution in [-0.2, 0) is 9.53 Å². The topological polar surface area (TPSA) is 26.3 Å². The standard InChI is InChI=1S/C8H14O2/c1-4-6-8(5-2)10-7(3)9/h6H,4-5H2,1-3H3/b8-6+. The van der Waals surface area contributed by atoms with Crippen LogP contribution in [0.4, 0.5) is 0 Å². The number of esters is 1. The third-order valence-corrected chi connectivity index (χ3v) is 1.06. The normalized spacial score (nSPS) is 11.3. The molecule has 0 N–H and O–H groups in total. The van der Waals surface area contributed by atoms with E-state index in [9.17, 15) is 4.79 Å². The van der Waals surface area contributed by atoms with Crippen LogP contribution in [0.5, 0.6) is 0 Å². The number of hydrogen-bond acceptors (Lipinski definition) is 2. The van der Waals surface area contributed by atoms with E-state index >= 15 is 0 Å². The fourth-order valence-electron chi connectivity index (χ4n) is 0.670. The molecule has 0 atom stereocenters. The molecule has 0 heterocycles. The summed E-state index contributed by atoms with van der Waals surface area (Å²) in [5.41, 5.74) is 0. The zero-order valence-electron chi connectivity index (χ0n) is 6.81. The van der Waals surface area contributed by atoms with Crippen molar-refractivity contribution < 1.29 is 9.53 Å².